The van der Waals surface area contributed by atoms with Gasteiger partial charge in [-0.05, 0) is 65.0 Å². The van der Waals surface area contributed by atoms with Crippen molar-refractivity contribution in [3.63, 3.8) is 0 Å². The van der Waals surface area contributed by atoms with Crippen molar-refractivity contribution in [1.29, 1.82) is 0 Å². The summed E-state index contributed by atoms with van der Waals surface area (Å²) >= 11 is 0. The highest BCUT2D eigenvalue weighted by Crippen LogP contribution is 2.48. The molecule has 0 spiro atoms. The maximum Gasteiger partial charge on any atom is 0.418 e. The normalized spacial score (nSPS) is 26.4. The number of piperazine rings is 1. The van der Waals surface area contributed by atoms with Crippen molar-refractivity contribution in [2.24, 2.45) is 0 Å². The Morgan fingerprint density at radius 1 is 1.16 bits per heavy atom. The van der Waals surface area contributed by atoms with Crippen molar-refractivity contribution in [3.8, 4) is 17.1 Å². The second-order valence-corrected chi connectivity index (χ2v) is 12.9. The highest BCUT2D eigenvalue weighted by Gasteiger charge is 2.52. The fraction of sp³-hybridized carbons (Fsp3) is 0.548. The number of halogens is 4. The molecule has 0 unspecified atom stereocenters. The summed E-state index contributed by atoms with van der Waals surface area (Å²) in [6.07, 6.45) is -2.37. The molecule has 1 amide bonds. The van der Waals surface area contributed by atoms with Crippen molar-refractivity contribution in [2.75, 3.05) is 30.4 Å². The Morgan fingerprint density at radius 2 is 1.89 bits per heavy atom. The molecule has 0 radical (unpaired) electrons. The smallest absolute Gasteiger partial charge is 0.418 e. The van der Waals surface area contributed by atoms with Gasteiger partial charge in [0.25, 0.3) is 5.91 Å². The van der Waals surface area contributed by atoms with Crippen LogP contribution in [0.3, 0.4) is 0 Å². The monoisotopic (exact) mass is 629 g/mol. The maximum absolute atomic E-state index is 17.0. The molecule has 3 saturated heterocycles. The molecule has 10 nitrogen and oxygen atoms in total. The van der Waals surface area contributed by atoms with Gasteiger partial charge in [0.05, 0.1) is 22.7 Å². The molecule has 3 aromatic rings. The zero-order valence-electron chi connectivity index (χ0n) is 25.4. The third-order valence-corrected chi connectivity index (χ3v) is 9.69. The van der Waals surface area contributed by atoms with Crippen molar-refractivity contribution < 1.29 is 31.8 Å². The molecule has 45 heavy (non-hydrogen) atoms. The molecule has 7 heterocycles. The number of ether oxygens (including phenoxy) is 2. The van der Waals surface area contributed by atoms with Gasteiger partial charge in [-0.3, -0.25) is 4.79 Å². The number of rotatable bonds is 3. The predicted molar refractivity (Wildman–Crippen MR) is 159 cm³/mol. The van der Waals surface area contributed by atoms with Gasteiger partial charge in [0.2, 0.25) is 5.88 Å². The minimum Gasteiger partial charge on any atom is -0.472 e. The molecule has 14 heteroatoms. The van der Waals surface area contributed by atoms with Crippen LogP contribution in [0.1, 0.15) is 66.8 Å². The number of anilines is 2. The summed E-state index contributed by atoms with van der Waals surface area (Å²) in [4.78, 5) is 29.0. The van der Waals surface area contributed by atoms with Gasteiger partial charge in [-0.1, -0.05) is 0 Å². The Labute approximate surface area is 257 Å². The number of nitrogens with one attached hydrogen (secondary N) is 2. The standard InChI is InChI=1S/C31H35F4N7O3/c1-13-20-21-27(39-24(13)28(43)38-16-6-9-44-10-7-16)42-12-30(4)8-5-18(41-30)26(42)15(3)45-29(21)40-25(23(20)32)17-11-19(36)37-14(2)22(17)31(33,34)35/h11,15-16,18,26,41H,5-10,12H2,1-4H3,(H2,36,37)(H,38,43)/t15-,18-,26+,30+/m0/s1. The molecular weight excluding hydrogens is 594 g/mol. The number of aromatic nitrogens is 3. The number of carbonyl (C=O) groups excluding carboxylic acids is 1. The average Bonchev–Trinajstić information content (AvgIpc) is 3.21. The topological polar surface area (TPSA) is 128 Å². The van der Waals surface area contributed by atoms with Crippen LogP contribution < -0.4 is 26.0 Å². The van der Waals surface area contributed by atoms with Gasteiger partial charge in [0.15, 0.2) is 5.82 Å². The maximum atomic E-state index is 17.0. The Kier molecular flexibility index (Phi) is 6.89. The number of nitrogens with two attached hydrogens (primary N) is 1. The summed E-state index contributed by atoms with van der Waals surface area (Å²) < 4.78 is 72.1. The minimum absolute atomic E-state index is 0.00297. The fourth-order valence-corrected chi connectivity index (χ4v) is 7.68. The van der Waals surface area contributed by atoms with Crippen molar-refractivity contribution in [2.45, 2.75) is 89.3 Å². The van der Waals surface area contributed by atoms with Crippen molar-refractivity contribution in [1.82, 2.24) is 25.6 Å². The number of amides is 1. The molecule has 4 aliphatic rings. The number of nitrogens with zero attached hydrogens (tertiary/aromatic N) is 4. The number of carbonyl (C=O) groups is 1. The number of pyridine rings is 3. The predicted octanol–water partition coefficient (Wildman–Crippen LogP) is 4.44. The van der Waals surface area contributed by atoms with Gasteiger partial charge >= 0.3 is 6.18 Å². The van der Waals surface area contributed by atoms with Gasteiger partial charge in [-0.2, -0.15) is 13.2 Å². The van der Waals surface area contributed by atoms with Crippen molar-refractivity contribution >= 4 is 28.3 Å². The summed E-state index contributed by atoms with van der Waals surface area (Å²) in [6.45, 7) is 8.21. The SMILES string of the molecule is Cc1nc(N)cc(-c2nc3c4c(nc(C(=O)NC5CCOCC5)c(C)c4c2F)N2C[C@@]4(C)CC[C@H](N4)[C@H]2[C@H](C)O3)c1C(F)(F)F. The summed E-state index contributed by atoms with van der Waals surface area (Å²) in [7, 11) is 0. The van der Waals surface area contributed by atoms with Crippen LogP contribution in [-0.2, 0) is 10.9 Å². The van der Waals surface area contributed by atoms with Gasteiger partial charge < -0.3 is 30.7 Å². The quantitative estimate of drug-likeness (QED) is 0.361. The number of alkyl halides is 3. The first-order chi connectivity index (χ1) is 21.3. The number of aryl methyl sites for hydroxylation is 2. The molecule has 2 bridgehead atoms. The van der Waals surface area contributed by atoms with E-state index in [0.29, 0.717) is 38.4 Å². The number of hydrogen-bond donors (Lipinski definition) is 3. The van der Waals surface area contributed by atoms with Crippen LogP contribution in [0.15, 0.2) is 6.07 Å². The molecule has 240 valence electrons. The molecule has 4 N–H and O–H groups in total. The van der Waals surface area contributed by atoms with Crippen LogP contribution in [0.25, 0.3) is 22.0 Å². The lowest BCUT2D eigenvalue weighted by molar-refractivity contribution is -0.137. The minimum atomic E-state index is -4.88. The van der Waals surface area contributed by atoms with E-state index in [-0.39, 0.29) is 57.4 Å². The number of fused-ring (bicyclic) bond motifs is 5. The second-order valence-electron chi connectivity index (χ2n) is 12.9. The number of nitrogen functional groups attached to an aromatic ring is 1. The van der Waals surface area contributed by atoms with Crippen LogP contribution in [0.2, 0.25) is 0 Å². The summed E-state index contributed by atoms with van der Waals surface area (Å²) in [5.41, 5.74) is 3.11. The fourth-order valence-electron chi connectivity index (χ4n) is 7.68. The van der Waals surface area contributed by atoms with Crippen molar-refractivity contribution in [3.05, 3.63) is 34.4 Å². The Hall–Kier alpha value is -3.78. The van der Waals surface area contributed by atoms with E-state index in [2.05, 4.69) is 32.4 Å². The lowest BCUT2D eigenvalue weighted by Gasteiger charge is -2.46. The van der Waals surface area contributed by atoms with E-state index in [1.807, 2.05) is 6.92 Å². The number of hydrogen-bond acceptors (Lipinski definition) is 9. The molecule has 4 atom stereocenters. The van der Waals surface area contributed by atoms with E-state index >= 15 is 4.39 Å². The highest BCUT2D eigenvalue weighted by atomic mass is 19.4. The van der Waals surface area contributed by atoms with Crippen LogP contribution in [0, 0.1) is 19.7 Å². The zero-order valence-corrected chi connectivity index (χ0v) is 25.4. The van der Waals surface area contributed by atoms with E-state index in [4.69, 9.17) is 20.2 Å². The van der Waals surface area contributed by atoms with Crippen LogP contribution in [-0.4, -0.2) is 70.4 Å². The summed E-state index contributed by atoms with van der Waals surface area (Å²) in [5, 5.41) is 6.86. The zero-order chi connectivity index (χ0) is 32.0. The summed E-state index contributed by atoms with van der Waals surface area (Å²) in [6, 6.07) is 0.575. The first kappa shape index (κ1) is 29.9. The highest BCUT2D eigenvalue weighted by molar-refractivity contribution is 6.07. The first-order valence-electron chi connectivity index (χ1n) is 15.2. The molecule has 0 aromatic carbocycles. The van der Waals surface area contributed by atoms with Gasteiger partial charge in [-0.25, -0.2) is 19.3 Å². The first-order valence-corrected chi connectivity index (χ1v) is 15.2. The van der Waals surface area contributed by atoms with Crippen LogP contribution in [0.4, 0.5) is 29.2 Å². The van der Waals surface area contributed by atoms with Gasteiger partial charge in [0, 0.05) is 48.3 Å². The van der Waals surface area contributed by atoms with E-state index < -0.39 is 46.5 Å². The van der Waals surface area contributed by atoms with E-state index in [0.717, 1.165) is 18.9 Å². The Balaban J connectivity index is 1.51. The summed E-state index contributed by atoms with van der Waals surface area (Å²) in [5.74, 6) is -1.45. The lowest BCUT2D eigenvalue weighted by atomic mass is 9.95. The molecule has 7 rings (SSSR count). The van der Waals surface area contributed by atoms with Crippen LogP contribution >= 0.6 is 0 Å². The van der Waals surface area contributed by atoms with E-state index in [9.17, 15) is 18.0 Å². The Bertz CT molecular complexity index is 1730. The Morgan fingerprint density at radius 3 is 2.60 bits per heavy atom. The molecule has 0 aliphatic carbocycles. The third-order valence-electron chi connectivity index (χ3n) is 9.69. The molecule has 0 saturated carbocycles. The lowest BCUT2D eigenvalue weighted by Crippen LogP contribution is -2.66. The second kappa shape index (κ2) is 10.4. The molecule has 3 fully saturated rings. The van der Waals surface area contributed by atoms with Crippen LogP contribution in [0.5, 0.6) is 5.88 Å². The largest absolute Gasteiger partial charge is 0.472 e. The molecule has 3 aromatic heterocycles. The average molecular weight is 630 g/mol. The van der Waals surface area contributed by atoms with Gasteiger partial charge in [-0.15, -0.1) is 0 Å². The molecule has 4 aliphatic heterocycles. The van der Waals surface area contributed by atoms with Gasteiger partial charge in [0.1, 0.15) is 29.1 Å². The molecular formula is C31H35F4N7O3. The van der Waals surface area contributed by atoms with E-state index in [1.54, 1.807) is 6.92 Å². The van der Waals surface area contributed by atoms with E-state index in [1.165, 1.54) is 6.92 Å². The third kappa shape index (κ3) is 4.84.